The van der Waals surface area contributed by atoms with E-state index in [4.69, 9.17) is 0 Å². The van der Waals surface area contributed by atoms with Crippen molar-refractivity contribution in [1.29, 1.82) is 0 Å². The van der Waals surface area contributed by atoms with Gasteiger partial charge in [-0.1, -0.05) is 19.9 Å². The Labute approximate surface area is 162 Å². The van der Waals surface area contributed by atoms with E-state index in [-0.39, 0.29) is 42.0 Å². The van der Waals surface area contributed by atoms with E-state index >= 15 is 4.39 Å². The summed E-state index contributed by atoms with van der Waals surface area (Å²) in [6.07, 6.45) is 0.729. The molecule has 0 radical (unpaired) electrons. The van der Waals surface area contributed by atoms with E-state index in [2.05, 4.69) is 10.6 Å². The molecule has 1 aromatic rings. The van der Waals surface area contributed by atoms with E-state index in [1.807, 2.05) is 13.8 Å². The van der Waals surface area contributed by atoms with Crippen LogP contribution in [0.1, 0.15) is 54.6 Å². The van der Waals surface area contributed by atoms with Crippen LogP contribution >= 0.6 is 0 Å². The highest BCUT2D eigenvalue weighted by molar-refractivity contribution is 6.05. The number of rotatable bonds is 2. The molecule has 0 saturated carbocycles. The van der Waals surface area contributed by atoms with E-state index in [9.17, 15) is 19.5 Å². The van der Waals surface area contributed by atoms with Gasteiger partial charge < -0.3 is 15.3 Å². The number of nitrogens with zero attached hydrogens (tertiary/aromatic N) is 1. The van der Waals surface area contributed by atoms with Crippen molar-refractivity contribution in [3.8, 4) is 0 Å². The molecule has 3 aliphatic rings. The molecule has 0 aromatic heterocycles. The minimum atomic E-state index is -1.36. The Morgan fingerprint density at radius 2 is 2.00 bits per heavy atom. The van der Waals surface area contributed by atoms with Crippen LogP contribution in [0.2, 0.25) is 0 Å². The predicted octanol–water partition coefficient (Wildman–Crippen LogP) is 0.794. The summed E-state index contributed by atoms with van der Waals surface area (Å²) in [7, 11) is 0. The second-order valence-corrected chi connectivity index (χ2v) is 8.52. The van der Waals surface area contributed by atoms with E-state index < -0.39 is 34.7 Å². The van der Waals surface area contributed by atoms with Crippen molar-refractivity contribution in [2.75, 3.05) is 13.1 Å². The zero-order valence-electron chi connectivity index (χ0n) is 16.0. The Bertz CT molecular complexity index is 884. The van der Waals surface area contributed by atoms with Gasteiger partial charge in [0.1, 0.15) is 11.9 Å². The predicted molar refractivity (Wildman–Crippen MR) is 97.6 cm³/mol. The molecular weight excluding hydrogens is 365 g/mol. The summed E-state index contributed by atoms with van der Waals surface area (Å²) >= 11 is 0. The monoisotopic (exact) mass is 389 g/mol. The Kier molecular flexibility index (Phi) is 4.31. The number of fused-ring (bicyclic) bond motifs is 1. The zero-order chi connectivity index (χ0) is 20.3. The SMILES string of the molecule is CC1(C)CNCCC1(O)c1ccc2c(c1F)CN(C1CCC(=O)NC1=O)C2=O. The third-order valence-corrected chi connectivity index (χ3v) is 6.44. The number of benzene rings is 1. The molecule has 0 bridgehead atoms. The summed E-state index contributed by atoms with van der Waals surface area (Å²) in [6, 6.07) is 2.24. The van der Waals surface area contributed by atoms with E-state index in [1.54, 1.807) is 0 Å². The fraction of sp³-hybridized carbons (Fsp3) is 0.550. The van der Waals surface area contributed by atoms with Gasteiger partial charge in [-0.25, -0.2) is 4.39 Å². The maximum absolute atomic E-state index is 15.5. The first-order valence-electron chi connectivity index (χ1n) is 9.55. The summed E-state index contributed by atoms with van der Waals surface area (Å²) in [5.74, 6) is -1.91. The lowest BCUT2D eigenvalue weighted by Crippen LogP contribution is -2.54. The average molecular weight is 389 g/mol. The fourth-order valence-corrected chi connectivity index (χ4v) is 4.58. The van der Waals surface area contributed by atoms with Gasteiger partial charge in [-0.3, -0.25) is 19.7 Å². The summed E-state index contributed by atoms with van der Waals surface area (Å²) in [6.45, 7) is 4.83. The van der Waals surface area contributed by atoms with Crippen molar-refractivity contribution < 1.29 is 23.9 Å². The molecule has 28 heavy (non-hydrogen) atoms. The van der Waals surface area contributed by atoms with Gasteiger partial charge in [-0.15, -0.1) is 0 Å². The molecule has 2 fully saturated rings. The lowest BCUT2D eigenvalue weighted by Gasteiger charge is -2.47. The highest BCUT2D eigenvalue weighted by Gasteiger charge is 2.49. The number of carbonyl (C=O) groups is 3. The number of amides is 3. The van der Waals surface area contributed by atoms with Gasteiger partial charge in [0, 0.05) is 35.1 Å². The molecule has 3 N–H and O–H groups in total. The van der Waals surface area contributed by atoms with Gasteiger partial charge >= 0.3 is 0 Å². The average Bonchev–Trinajstić information content (AvgIpc) is 2.96. The first-order valence-corrected chi connectivity index (χ1v) is 9.55. The Morgan fingerprint density at radius 1 is 1.25 bits per heavy atom. The maximum atomic E-state index is 15.5. The summed E-state index contributed by atoms with van der Waals surface area (Å²) in [4.78, 5) is 37.6. The minimum absolute atomic E-state index is 0.0468. The molecule has 1 aromatic carbocycles. The van der Waals surface area contributed by atoms with Crippen LogP contribution in [-0.2, 0) is 21.7 Å². The number of piperidine rings is 2. The quantitative estimate of drug-likeness (QED) is 0.650. The van der Waals surface area contributed by atoms with Crippen molar-refractivity contribution in [3.63, 3.8) is 0 Å². The number of nitrogens with one attached hydrogen (secondary N) is 2. The van der Waals surface area contributed by atoms with Crippen LogP contribution in [0.5, 0.6) is 0 Å². The molecule has 0 spiro atoms. The molecule has 8 heteroatoms. The van der Waals surface area contributed by atoms with Gasteiger partial charge in [-0.05, 0) is 25.5 Å². The minimum Gasteiger partial charge on any atom is -0.384 e. The largest absolute Gasteiger partial charge is 0.384 e. The summed E-state index contributed by atoms with van der Waals surface area (Å²) in [5.41, 5.74) is -1.35. The van der Waals surface area contributed by atoms with Crippen LogP contribution in [0.15, 0.2) is 12.1 Å². The van der Waals surface area contributed by atoms with Gasteiger partial charge in [0.05, 0.1) is 12.1 Å². The summed E-state index contributed by atoms with van der Waals surface area (Å²) in [5, 5.41) is 16.8. The molecule has 4 rings (SSSR count). The number of carbonyl (C=O) groups excluding carboxylic acids is 3. The third-order valence-electron chi connectivity index (χ3n) is 6.44. The van der Waals surface area contributed by atoms with Crippen molar-refractivity contribution >= 4 is 17.7 Å². The van der Waals surface area contributed by atoms with Crippen LogP contribution in [0.25, 0.3) is 0 Å². The zero-order valence-corrected chi connectivity index (χ0v) is 16.0. The van der Waals surface area contributed by atoms with Gasteiger partial charge in [0.15, 0.2) is 0 Å². The molecule has 3 aliphatic heterocycles. The highest BCUT2D eigenvalue weighted by Crippen LogP contribution is 2.46. The van der Waals surface area contributed by atoms with Gasteiger partial charge in [-0.2, -0.15) is 0 Å². The number of aliphatic hydroxyl groups is 1. The van der Waals surface area contributed by atoms with Crippen molar-refractivity contribution in [3.05, 3.63) is 34.6 Å². The fourth-order valence-electron chi connectivity index (χ4n) is 4.58. The molecule has 0 aliphatic carbocycles. The smallest absolute Gasteiger partial charge is 0.255 e. The number of halogens is 1. The number of hydrogen-bond donors (Lipinski definition) is 3. The van der Waals surface area contributed by atoms with Crippen LogP contribution in [0, 0.1) is 11.2 Å². The highest BCUT2D eigenvalue weighted by atomic mass is 19.1. The normalized spacial score (nSPS) is 29.6. The van der Waals surface area contributed by atoms with Crippen molar-refractivity contribution in [2.45, 2.75) is 51.3 Å². The van der Waals surface area contributed by atoms with Crippen LogP contribution in [-0.4, -0.2) is 46.9 Å². The molecule has 150 valence electrons. The number of hydrogen-bond acceptors (Lipinski definition) is 5. The Hall–Kier alpha value is -2.32. The molecule has 3 heterocycles. The first-order chi connectivity index (χ1) is 13.2. The molecule has 2 atom stereocenters. The Balaban J connectivity index is 1.70. The first kappa shape index (κ1) is 19.0. The molecule has 3 amide bonds. The second kappa shape index (κ2) is 6.35. The van der Waals surface area contributed by atoms with Crippen LogP contribution in [0.4, 0.5) is 4.39 Å². The van der Waals surface area contributed by atoms with E-state index in [0.29, 0.717) is 19.5 Å². The third kappa shape index (κ3) is 2.66. The molecule has 7 nitrogen and oxygen atoms in total. The topological polar surface area (TPSA) is 98.7 Å². The van der Waals surface area contributed by atoms with Crippen LogP contribution < -0.4 is 10.6 Å². The van der Waals surface area contributed by atoms with E-state index in [0.717, 1.165) is 0 Å². The second-order valence-electron chi connectivity index (χ2n) is 8.52. The van der Waals surface area contributed by atoms with Gasteiger partial charge in [0.2, 0.25) is 11.8 Å². The molecule has 2 saturated heterocycles. The lowest BCUT2D eigenvalue weighted by molar-refractivity contribution is -0.136. The Morgan fingerprint density at radius 3 is 2.68 bits per heavy atom. The molecular formula is C20H24FN3O4. The van der Waals surface area contributed by atoms with Crippen molar-refractivity contribution in [1.82, 2.24) is 15.5 Å². The van der Waals surface area contributed by atoms with Crippen LogP contribution in [0.3, 0.4) is 0 Å². The summed E-state index contributed by atoms with van der Waals surface area (Å²) < 4.78 is 15.5. The van der Waals surface area contributed by atoms with E-state index in [1.165, 1.54) is 17.0 Å². The van der Waals surface area contributed by atoms with Crippen molar-refractivity contribution in [2.24, 2.45) is 5.41 Å². The standard InChI is InChI=1S/C20H24FN3O4/c1-19(2)10-22-8-7-20(19,28)13-4-3-11-12(16(13)21)9-24(18(11)27)14-5-6-15(25)23-17(14)26/h3-4,14,22,28H,5-10H2,1-2H3,(H,23,25,26). The molecule has 2 unspecified atom stereocenters. The maximum Gasteiger partial charge on any atom is 0.255 e. The van der Waals surface area contributed by atoms with Gasteiger partial charge in [0.25, 0.3) is 5.91 Å². The number of imide groups is 1. The lowest BCUT2D eigenvalue weighted by atomic mass is 9.66.